The number of nitrogens with one attached hydrogen (secondary N) is 1. The Morgan fingerprint density at radius 2 is 1.62 bits per heavy atom. The van der Waals surface area contributed by atoms with Crippen molar-refractivity contribution in [2.75, 3.05) is 37.8 Å². The summed E-state index contributed by atoms with van der Waals surface area (Å²) in [6.07, 6.45) is 1.24. The number of anilines is 1. The van der Waals surface area contributed by atoms with Gasteiger partial charge in [-0.3, -0.25) is 0 Å². The Bertz CT molecular complexity index is 615. The highest BCUT2D eigenvalue weighted by atomic mass is 32.2. The van der Waals surface area contributed by atoms with Crippen molar-refractivity contribution in [2.45, 2.75) is 13.8 Å². The molecule has 0 amide bonds. The maximum Gasteiger partial charge on any atom is 0.211 e. The summed E-state index contributed by atoms with van der Waals surface area (Å²) in [6, 6.07) is 6.21. The molecule has 0 atom stereocenters. The number of sulfonamides is 1. The van der Waals surface area contributed by atoms with Gasteiger partial charge in [0.15, 0.2) is 5.11 Å². The first kappa shape index (κ1) is 16.2. The molecule has 0 radical (unpaired) electrons. The number of rotatable bonds is 2. The second kappa shape index (κ2) is 6.29. The van der Waals surface area contributed by atoms with Gasteiger partial charge in [-0.2, -0.15) is 4.31 Å². The van der Waals surface area contributed by atoms with Gasteiger partial charge in [-0.05, 0) is 49.3 Å². The van der Waals surface area contributed by atoms with E-state index in [0.29, 0.717) is 31.3 Å². The van der Waals surface area contributed by atoms with Gasteiger partial charge in [-0.15, -0.1) is 0 Å². The van der Waals surface area contributed by atoms with Gasteiger partial charge in [0.05, 0.1) is 6.26 Å². The van der Waals surface area contributed by atoms with Crippen LogP contribution < -0.4 is 5.32 Å². The predicted molar refractivity (Wildman–Crippen MR) is 90.1 cm³/mol. The summed E-state index contributed by atoms with van der Waals surface area (Å²) in [5.41, 5.74) is 3.34. The zero-order valence-corrected chi connectivity index (χ0v) is 14.2. The lowest BCUT2D eigenvalue weighted by Crippen LogP contribution is -2.51. The quantitative estimate of drug-likeness (QED) is 0.836. The first-order chi connectivity index (χ1) is 9.75. The van der Waals surface area contributed by atoms with Crippen molar-refractivity contribution in [3.8, 4) is 0 Å². The second-order valence-electron chi connectivity index (χ2n) is 5.46. The number of hydrogen-bond donors (Lipinski definition) is 1. The molecular formula is C14H21N3O2S2. The summed E-state index contributed by atoms with van der Waals surface area (Å²) < 4.78 is 24.5. The highest BCUT2D eigenvalue weighted by Crippen LogP contribution is 2.15. The molecule has 0 unspecified atom stereocenters. The summed E-state index contributed by atoms with van der Waals surface area (Å²) in [7, 11) is -3.10. The topological polar surface area (TPSA) is 52.6 Å². The van der Waals surface area contributed by atoms with Crippen LogP contribution in [0.25, 0.3) is 0 Å². The molecule has 1 fully saturated rings. The molecule has 2 rings (SSSR count). The third-order valence-corrected chi connectivity index (χ3v) is 5.13. The third kappa shape index (κ3) is 4.39. The first-order valence-electron chi connectivity index (χ1n) is 6.85. The van der Waals surface area contributed by atoms with Crippen molar-refractivity contribution >= 4 is 33.0 Å². The van der Waals surface area contributed by atoms with Gasteiger partial charge in [-0.1, -0.05) is 6.07 Å². The molecule has 0 spiro atoms. The Balaban J connectivity index is 1.96. The van der Waals surface area contributed by atoms with Crippen molar-refractivity contribution in [1.82, 2.24) is 9.21 Å². The zero-order valence-electron chi connectivity index (χ0n) is 12.6. The molecule has 7 heteroatoms. The van der Waals surface area contributed by atoms with E-state index in [0.717, 1.165) is 5.69 Å². The fourth-order valence-electron chi connectivity index (χ4n) is 2.47. The Morgan fingerprint density at radius 1 is 1.10 bits per heavy atom. The molecule has 1 saturated heterocycles. The zero-order chi connectivity index (χ0) is 15.6. The van der Waals surface area contributed by atoms with Crippen molar-refractivity contribution in [3.05, 3.63) is 29.3 Å². The average Bonchev–Trinajstić information content (AvgIpc) is 2.36. The predicted octanol–water partition coefficient (Wildman–Crippen LogP) is 1.58. The van der Waals surface area contributed by atoms with E-state index in [4.69, 9.17) is 12.2 Å². The normalized spacial score (nSPS) is 16.8. The van der Waals surface area contributed by atoms with Gasteiger partial charge in [0.25, 0.3) is 0 Å². The summed E-state index contributed by atoms with van der Waals surface area (Å²) in [6.45, 7) is 6.28. The van der Waals surface area contributed by atoms with E-state index in [9.17, 15) is 8.42 Å². The van der Waals surface area contributed by atoms with Gasteiger partial charge in [0.1, 0.15) is 0 Å². The molecule has 0 bridgehead atoms. The van der Waals surface area contributed by atoms with Crippen LogP contribution in [-0.4, -0.2) is 55.2 Å². The molecule has 0 saturated carbocycles. The summed E-state index contributed by atoms with van der Waals surface area (Å²) in [4.78, 5) is 2.01. The molecule has 1 aliphatic heterocycles. The van der Waals surface area contributed by atoms with Gasteiger partial charge < -0.3 is 10.2 Å². The number of benzene rings is 1. The average molecular weight is 327 g/mol. The standard InChI is InChI=1S/C14H21N3O2S2/c1-11-8-12(2)10-13(9-11)15-14(20)16-4-6-17(7-5-16)21(3,18)19/h8-10H,4-7H2,1-3H3,(H,15,20). The molecule has 1 aromatic carbocycles. The maximum absolute atomic E-state index is 11.5. The van der Waals surface area contributed by atoms with Crippen molar-refractivity contribution in [2.24, 2.45) is 0 Å². The first-order valence-corrected chi connectivity index (χ1v) is 9.11. The fraction of sp³-hybridized carbons (Fsp3) is 0.500. The highest BCUT2D eigenvalue weighted by molar-refractivity contribution is 7.88. The number of thiocarbonyl (C=S) groups is 1. The minimum Gasteiger partial charge on any atom is -0.346 e. The number of piperazine rings is 1. The second-order valence-corrected chi connectivity index (χ2v) is 7.82. The van der Waals surface area contributed by atoms with E-state index in [1.807, 2.05) is 30.9 Å². The highest BCUT2D eigenvalue weighted by Gasteiger charge is 2.24. The Hall–Kier alpha value is -1.18. The minimum atomic E-state index is -3.10. The molecular weight excluding hydrogens is 306 g/mol. The number of nitrogens with zero attached hydrogens (tertiary/aromatic N) is 2. The summed E-state index contributed by atoms with van der Waals surface area (Å²) in [5.74, 6) is 0. The van der Waals surface area contributed by atoms with Gasteiger partial charge in [0, 0.05) is 31.9 Å². The molecule has 1 heterocycles. The van der Waals surface area contributed by atoms with Crippen molar-refractivity contribution < 1.29 is 8.42 Å². The lowest BCUT2D eigenvalue weighted by molar-refractivity contribution is 0.270. The molecule has 0 aromatic heterocycles. The van der Waals surface area contributed by atoms with Gasteiger partial charge in [0.2, 0.25) is 10.0 Å². The van der Waals surface area contributed by atoms with E-state index in [-0.39, 0.29) is 0 Å². The molecule has 5 nitrogen and oxygen atoms in total. The van der Waals surface area contributed by atoms with E-state index < -0.39 is 10.0 Å². The monoisotopic (exact) mass is 327 g/mol. The molecule has 1 aromatic rings. The SMILES string of the molecule is Cc1cc(C)cc(NC(=S)N2CCN(S(C)(=O)=O)CC2)c1. The van der Waals surface area contributed by atoms with Crippen LogP contribution in [0, 0.1) is 13.8 Å². The summed E-state index contributed by atoms with van der Waals surface area (Å²) >= 11 is 5.42. The van der Waals surface area contributed by atoms with Crippen LogP contribution >= 0.6 is 12.2 Å². The Labute approximate surface area is 132 Å². The molecule has 1 N–H and O–H groups in total. The van der Waals surface area contributed by atoms with Gasteiger partial charge in [-0.25, -0.2) is 8.42 Å². The van der Waals surface area contributed by atoms with Crippen LogP contribution in [0.4, 0.5) is 5.69 Å². The molecule has 116 valence electrons. The number of hydrogen-bond acceptors (Lipinski definition) is 3. The van der Waals surface area contributed by atoms with E-state index >= 15 is 0 Å². The Morgan fingerprint density at radius 3 is 2.10 bits per heavy atom. The van der Waals surface area contributed by atoms with E-state index in [1.165, 1.54) is 21.7 Å². The van der Waals surface area contributed by atoms with E-state index in [1.54, 1.807) is 0 Å². The number of aryl methyl sites for hydroxylation is 2. The third-order valence-electron chi connectivity index (χ3n) is 3.47. The van der Waals surface area contributed by atoms with Crippen LogP contribution in [0.2, 0.25) is 0 Å². The van der Waals surface area contributed by atoms with Crippen molar-refractivity contribution in [3.63, 3.8) is 0 Å². The van der Waals surface area contributed by atoms with Crippen molar-refractivity contribution in [1.29, 1.82) is 0 Å². The van der Waals surface area contributed by atoms with Crippen LogP contribution in [0.3, 0.4) is 0 Å². The minimum absolute atomic E-state index is 0.480. The smallest absolute Gasteiger partial charge is 0.211 e. The molecule has 21 heavy (non-hydrogen) atoms. The molecule has 1 aliphatic rings. The lowest BCUT2D eigenvalue weighted by atomic mass is 10.1. The van der Waals surface area contributed by atoms with Crippen LogP contribution in [-0.2, 0) is 10.0 Å². The molecule has 0 aliphatic carbocycles. The van der Waals surface area contributed by atoms with Gasteiger partial charge >= 0.3 is 0 Å². The Kier molecular flexibility index (Phi) is 4.85. The maximum atomic E-state index is 11.5. The van der Waals surface area contributed by atoms with E-state index in [2.05, 4.69) is 11.4 Å². The fourth-order valence-corrected chi connectivity index (χ4v) is 3.60. The van der Waals surface area contributed by atoms with Crippen LogP contribution in [0.15, 0.2) is 18.2 Å². The largest absolute Gasteiger partial charge is 0.346 e. The lowest BCUT2D eigenvalue weighted by Gasteiger charge is -2.34. The van der Waals surface area contributed by atoms with Crippen LogP contribution in [0.1, 0.15) is 11.1 Å². The summed E-state index contributed by atoms with van der Waals surface area (Å²) in [5, 5.41) is 3.88. The van der Waals surface area contributed by atoms with Crippen LogP contribution in [0.5, 0.6) is 0 Å².